The van der Waals surface area contributed by atoms with E-state index in [1.54, 1.807) is 6.92 Å². The lowest BCUT2D eigenvalue weighted by atomic mass is 10.0. The van der Waals surface area contributed by atoms with Crippen LogP contribution in [0.25, 0.3) is 0 Å². The van der Waals surface area contributed by atoms with Crippen molar-refractivity contribution in [1.29, 1.82) is 0 Å². The number of halogens is 1. The molecule has 0 bridgehead atoms. The van der Waals surface area contributed by atoms with E-state index in [4.69, 9.17) is 11.6 Å². The lowest BCUT2D eigenvalue weighted by Gasteiger charge is -2.25. The first-order valence-corrected chi connectivity index (χ1v) is 9.89. The van der Waals surface area contributed by atoms with Crippen molar-refractivity contribution in [2.45, 2.75) is 52.2 Å². The first-order chi connectivity index (χ1) is 12.8. The Bertz CT molecular complexity index is 592. The lowest BCUT2D eigenvalue weighted by Crippen LogP contribution is -2.55. The van der Waals surface area contributed by atoms with Crippen LogP contribution in [0.4, 0.5) is 0 Å². The van der Waals surface area contributed by atoms with E-state index >= 15 is 0 Å². The molecule has 1 aromatic carbocycles. The summed E-state index contributed by atoms with van der Waals surface area (Å²) in [5, 5.41) is 12.8. The van der Waals surface area contributed by atoms with Crippen molar-refractivity contribution in [2.75, 3.05) is 20.1 Å². The molecule has 0 heterocycles. The fourth-order valence-electron chi connectivity index (χ4n) is 2.69. The summed E-state index contributed by atoms with van der Waals surface area (Å²) < 4.78 is 0. The molecule has 27 heavy (non-hydrogen) atoms. The lowest BCUT2D eigenvalue weighted by molar-refractivity contribution is -0.130. The van der Waals surface area contributed by atoms with Crippen LogP contribution in [0, 0.1) is 5.92 Å². The van der Waals surface area contributed by atoms with Crippen molar-refractivity contribution in [3.8, 4) is 0 Å². The Morgan fingerprint density at radius 3 is 2.22 bits per heavy atom. The molecule has 6 nitrogen and oxygen atoms in total. The van der Waals surface area contributed by atoms with Gasteiger partial charge in [-0.3, -0.25) is 9.59 Å². The van der Waals surface area contributed by atoms with Gasteiger partial charge in [0.05, 0.1) is 6.04 Å². The molecule has 7 heteroatoms. The smallest absolute Gasteiger partial charge is 0.242 e. The quantitative estimate of drug-likeness (QED) is 0.459. The standard InChI is InChI=1S/C20H33ClN4O2/c1-6-23-20(27)18(13(2)3)25-19(26)14(4)24-12-17(22-5)11-15-7-9-16(21)10-8-15/h7-10,13-14,17-18,22,24H,6,11-12H2,1-5H3,(H,23,27)(H,25,26)/t14-,17-,18-/m0/s1. The first kappa shape index (κ1) is 23.4. The molecule has 2 amide bonds. The zero-order valence-corrected chi connectivity index (χ0v) is 17.7. The van der Waals surface area contributed by atoms with Crippen molar-refractivity contribution < 1.29 is 9.59 Å². The maximum Gasteiger partial charge on any atom is 0.242 e. The molecular weight excluding hydrogens is 364 g/mol. The highest BCUT2D eigenvalue weighted by molar-refractivity contribution is 6.30. The van der Waals surface area contributed by atoms with E-state index < -0.39 is 12.1 Å². The summed E-state index contributed by atoms with van der Waals surface area (Å²) in [4.78, 5) is 24.6. The summed E-state index contributed by atoms with van der Waals surface area (Å²) >= 11 is 5.92. The van der Waals surface area contributed by atoms with Crippen molar-refractivity contribution in [1.82, 2.24) is 21.3 Å². The van der Waals surface area contributed by atoms with Crippen LogP contribution in [-0.4, -0.2) is 50.1 Å². The molecule has 152 valence electrons. The Hall–Kier alpha value is -1.63. The van der Waals surface area contributed by atoms with Gasteiger partial charge >= 0.3 is 0 Å². The third-order valence-corrected chi connectivity index (χ3v) is 4.72. The second kappa shape index (κ2) is 12.0. The van der Waals surface area contributed by atoms with E-state index in [0.29, 0.717) is 13.1 Å². The molecule has 3 atom stereocenters. The van der Waals surface area contributed by atoms with Crippen LogP contribution in [0.2, 0.25) is 5.02 Å². The van der Waals surface area contributed by atoms with Gasteiger partial charge in [-0.25, -0.2) is 0 Å². The molecule has 0 aromatic heterocycles. The molecule has 0 spiro atoms. The molecular formula is C20H33ClN4O2. The van der Waals surface area contributed by atoms with Crippen LogP contribution < -0.4 is 21.3 Å². The van der Waals surface area contributed by atoms with E-state index in [2.05, 4.69) is 21.3 Å². The largest absolute Gasteiger partial charge is 0.355 e. The predicted molar refractivity (Wildman–Crippen MR) is 111 cm³/mol. The zero-order valence-electron chi connectivity index (χ0n) is 16.9. The Labute approximate surface area is 167 Å². The van der Waals surface area contributed by atoms with E-state index in [1.165, 1.54) is 5.56 Å². The van der Waals surface area contributed by atoms with Gasteiger partial charge in [0.15, 0.2) is 0 Å². The van der Waals surface area contributed by atoms with Crippen LogP contribution in [0.3, 0.4) is 0 Å². The topological polar surface area (TPSA) is 82.3 Å². The number of nitrogens with one attached hydrogen (secondary N) is 4. The molecule has 1 aromatic rings. The molecule has 0 unspecified atom stereocenters. The fraction of sp³-hybridized carbons (Fsp3) is 0.600. The fourth-order valence-corrected chi connectivity index (χ4v) is 2.82. The number of benzene rings is 1. The van der Waals surface area contributed by atoms with Gasteiger partial charge in [-0.1, -0.05) is 37.6 Å². The molecule has 0 saturated carbocycles. The Morgan fingerprint density at radius 2 is 1.70 bits per heavy atom. The molecule has 4 N–H and O–H groups in total. The number of rotatable bonds is 11. The summed E-state index contributed by atoms with van der Waals surface area (Å²) in [6.07, 6.45) is 0.822. The number of hydrogen-bond acceptors (Lipinski definition) is 4. The highest BCUT2D eigenvalue weighted by Gasteiger charge is 2.25. The second-order valence-electron chi connectivity index (χ2n) is 7.07. The van der Waals surface area contributed by atoms with E-state index in [9.17, 15) is 9.59 Å². The average molecular weight is 397 g/mol. The normalized spacial score (nSPS) is 14.5. The summed E-state index contributed by atoms with van der Waals surface area (Å²) in [6, 6.07) is 6.99. The molecule has 1 rings (SSSR count). The van der Waals surface area contributed by atoms with E-state index in [1.807, 2.05) is 52.1 Å². The number of likely N-dealkylation sites (N-methyl/N-ethyl adjacent to an activating group) is 2. The maximum atomic E-state index is 12.5. The highest BCUT2D eigenvalue weighted by atomic mass is 35.5. The van der Waals surface area contributed by atoms with E-state index in [-0.39, 0.29) is 23.8 Å². The van der Waals surface area contributed by atoms with E-state index in [0.717, 1.165) is 11.4 Å². The average Bonchev–Trinajstić information content (AvgIpc) is 2.63. The van der Waals surface area contributed by atoms with Gasteiger partial charge in [0.25, 0.3) is 0 Å². The molecule has 0 aliphatic carbocycles. The van der Waals surface area contributed by atoms with Gasteiger partial charge in [0.2, 0.25) is 11.8 Å². The van der Waals surface area contributed by atoms with Crippen molar-refractivity contribution in [2.24, 2.45) is 5.92 Å². The number of hydrogen-bond donors (Lipinski definition) is 4. The number of carbonyl (C=O) groups excluding carboxylic acids is 2. The van der Waals surface area contributed by atoms with Gasteiger partial charge in [-0.15, -0.1) is 0 Å². The minimum atomic E-state index is -0.532. The number of amides is 2. The maximum absolute atomic E-state index is 12.5. The molecule has 0 saturated heterocycles. The highest BCUT2D eigenvalue weighted by Crippen LogP contribution is 2.11. The molecule has 0 aliphatic rings. The minimum absolute atomic E-state index is 0.0164. The Kier molecular flexibility index (Phi) is 10.4. The summed E-state index contributed by atoms with van der Waals surface area (Å²) in [5.74, 6) is -0.312. The van der Waals surface area contributed by atoms with Gasteiger partial charge in [-0.05, 0) is 50.9 Å². The van der Waals surface area contributed by atoms with Crippen LogP contribution >= 0.6 is 11.6 Å². The number of carbonyl (C=O) groups is 2. The molecule has 0 fully saturated rings. The SMILES string of the molecule is CCNC(=O)[C@@H](NC(=O)[C@H](C)NC[C@H](Cc1ccc(Cl)cc1)NC)C(C)C. The van der Waals surface area contributed by atoms with Gasteiger partial charge in [0, 0.05) is 24.2 Å². The summed E-state index contributed by atoms with van der Waals surface area (Å²) in [7, 11) is 1.90. The van der Waals surface area contributed by atoms with Gasteiger partial charge in [-0.2, -0.15) is 0 Å². The Morgan fingerprint density at radius 1 is 1.07 bits per heavy atom. The van der Waals surface area contributed by atoms with Crippen LogP contribution in [0.1, 0.15) is 33.3 Å². The zero-order chi connectivity index (χ0) is 20.4. The minimum Gasteiger partial charge on any atom is -0.355 e. The van der Waals surface area contributed by atoms with Crippen LogP contribution in [0.15, 0.2) is 24.3 Å². The van der Waals surface area contributed by atoms with Crippen molar-refractivity contribution in [3.63, 3.8) is 0 Å². The Balaban J connectivity index is 2.54. The van der Waals surface area contributed by atoms with Gasteiger partial charge < -0.3 is 21.3 Å². The first-order valence-electron chi connectivity index (χ1n) is 9.51. The monoisotopic (exact) mass is 396 g/mol. The van der Waals surface area contributed by atoms with Crippen molar-refractivity contribution >= 4 is 23.4 Å². The van der Waals surface area contributed by atoms with Crippen LogP contribution in [-0.2, 0) is 16.0 Å². The molecule has 0 radical (unpaired) electrons. The second-order valence-corrected chi connectivity index (χ2v) is 7.51. The predicted octanol–water partition coefficient (Wildman–Crippen LogP) is 1.73. The summed E-state index contributed by atoms with van der Waals surface area (Å²) in [6.45, 7) is 8.67. The van der Waals surface area contributed by atoms with Crippen LogP contribution in [0.5, 0.6) is 0 Å². The molecule has 0 aliphatic heterocycles. The third-order valence-electron chi connectivity index (χ3n) is 4.47. The third kappa shape index (κ3) is 8.28. The summed E-state index contributed by atoms with van der Waals surface area (Å²) in [5.41, 5.74) is 1.17. The van der Waals surface area contributed by atoms with Gasteiger partial charge in [0.1, 0.15) is 6.04 Å². The van der Waals surface area contributed by atoms with Crippen molar-refractivity contribution in [3.05, 3.63) is 34.9 Å².